The lowest BCUT2D eigenvalue weighted by Gasteiger charge is -2.28. The van der Waals surface area contributed by atoms with Gasteiger partial charge in [0, 0.05) is 22.8 Å². The van der Waals surface area contributed by atoms with Crippen LogP contribution in [0, 0.1) is 12.8 Å². The van der Waals surface area contributed by atoms with E-state index in [0.717, 1.165) is 19.3 Å². The molecule has 2 rings (SSSR count). The van der Waals surface area contributed by atoms with Crippen LogP contribution in [0.5, 0.6) is 0 Å². The third kappa shape index (κ3) is 2.59. The Morgan fingerprint density at radius 3 is 2.72 bits per heavy atom. The van der Waals surface area contributed by atoms with Crippen molar-refractivity contribution in [2.75, 3.05) is 7.05 Å². The molecule has 2 N–H and O–H groups in total. The Kier molecular flexibility index (Phi) is 4.07. The molecule has 1 saturated carbocycles. The molecule has 1 aliphatic rings. The first kappa shape index (κ1) is 13.6. The Bertz CT molecular complexity index is 429. The standard InChI is InChI=1S/C14H22N2OS/c1-9-7-8-13(18-9)10(2)16(3)14(17)11-5-4-6-12(11)15/h7-8,10-12H,4-6,15H2,1-3H3. The lowest BCUT2D eigenvalue weighted by Crippen LogP contribution is -2.40. The van der Waals surface area contributed by atoms with Crippen LogP contribution in [0.2, 0.25) is 0 Å². The van der Waals surface area contributed by atoms with Gasteiger partial charge in [-0.3, -0.25) is 4.79 Å². The number of thiophene rings is 1. The second kappa shape index (κ2) is 5.41. The zero-order valence-corrected chi connectivity index (χ0v) is 12.2. The second-order valence-corrected chi connectivity index (χ2v) is 6.59. The molecule has 3 atom stereocenters. The number of nitrogens with zero attached hydrogens (tertiary/aromatic N) is 1. The smallest absolute Gasteiger partial charge is 0.227 e. The summed E-state index contributed by atoms with van der Waals surface area (Å²) in [5, 5.41) is 0. The summed E-state index contributed by atoms with van der Waals surface area (Å²) in [5.74, 6) is 0.233. The van der Waals surface area contributed by atoms with Crippen LogP contribution in [-0.2, 0) is 4.79 Å². The predicted molar refractivity (Wildman–Crippen MR) is 75.6 cm³/mol. The van der Waals surface area contributed by atoms with E-state index >= 15 is 0 Å². The molecule has 100 valence electrons. The van der Waals surface area contributed by atoms with E-state index in [2.05, 4.69) is 26.0 Å². The van der Waals surface area contributed by atoms with Crippen molar-refractivity contribution in [1.29, 1.82) is 0 Å². The van der Waals surface area contributed by atoms with E-state index in [0.29, 0.717) is 0 Å². The Morgan fingerprint density at radius 1 is 1.50 bits per heavy atom. The molecule has 3 unspecified atom stereocenters. The van der Waals surface area contributed by atoms with Crippen molar-refractivity contribution in [2.24, 2.45) is 11.7 Å². The SMILES string of the molecule is Cc1ccc(C(C)N(C)C(=O)C2CCCC2N)s1. The summed E-state index contributed by atoms with van der Waals surface area (Å²) >= 11 is 1.76. The molecule has 1 aromatic rings. The fourth-order valence-corrected chi connectivity index (χ4v) is 3.59. The Hall–Kier alpha value is -0.870. The van der Waals surface area contributed by atoms with Gasteiger partial charge < -0.3 is 10.6 Å². The molecule has 0 bridgehead atoms. The molecule has 1 fully saturated rings. The number of hydrogen-bond donors (Lipinski definition) is 1. The molecule has 0 spiro atoms. The van der Waals surface area contributed by atoms with E-state index in [4.69, 9.17) is 5.73 Å². The van der Waals surface area contributed by atoms with Crippen molar-refractivity contribution in [1.82, 2.24) is 4.90 Å². The van der Waals surface area contributed by atoms with Crippen LogP contribution in [0.25, 0.3) is 0 Å². The zero-order chi connectivity index (χ0) is 13.3. The molecule has 1 aliphatic carbocycles. The van der Waals surface area contributed by atoms with Crippen LogP contribution >= 0.6 is 11.3 Å². The van der Waals surface area contributed by atoms with E-state index in [1.165, 1.54) is 9.75 Å². The number of hydrogen-bond acceptors (Lipinski definition) is 3. The summed E-state index contributed by atoms with van der Waals surface area (Å²) < 4.78 is 0. The molecule has 1 heterocycles. The van der Waals surface area contributed by atoms with Gasteiger partial charge in [0.25, 0.3) is 0 Å². The van der Waals surface area contributed by atoms with Gasteiger partial charge in [-0.1, -0.05) is 6.42 Å². The second-order valence-electron chi connectivity index (χ2n) is 5.27. The number of carbonyl (C=O) groups is 1. The van der Waals surface area contributed by atoms with Crippen molar-refractivity contribution in [2.45, 2.75) is 45.2 Å². The van der Waals surface area contributed by atoms with Gasteiger partial charge in [0.2, 0.25) is 5.91 Å². The molecule has 1 amide bonds. The van der Waals surface area contributed by atoms with E-state index in [-0.39, 0.29) is 23.9 Å². The molecule has 0 radical (unpaired) electrons. The van der Waals surface area contributed by atoms with E-state index in [1.807, 2.05) is 11.9 Å². The average molecular weight is 266 g/mol. The van der Waals surface area contributed by atoms with E-state index in [1.54, 1.807) is 11.3 Å². The van der Waals surface area contributed by atoms with Gasteiger partial charge in [-0.15, -0.1) is 11.3 Å². The quantitative estimate of drug-likeness (QED) is 0.914. The minimum Gasteiger partial charge on any atom is -0.338 e. The van der Waals surface area contributed by atoms with Crippen LogP contribution in [0.1, 0.15) is 42.0 Å². The van der Waals surface area contributed by atoms with Crippen molar-refractivity contribution < 1.29 is 4.79 Å². The third-order valence-electron chi connectivity index (χ3n) is 3.99. The summed E-state index contributed by atoms with van der Waals surface area (Å²) in [6.45, 7) is 4.18. The molecule has 0 aromatic carbocycles. The van der Waals surface area contributed by atoms with Crippen molar-refractivity contribution in [3.05, 3.63) is 21.9 Å². The van der Waals surface area contributed by atoms with Crippen molar-refractivity contribution >= 4 is 17.2 Å². The third-order valence-corrected chi connectivity index (χ3v) is 5.16. The van der Waals surface area contributed by atoms with Gasteiger partial charge in [-0.2, -0.15) is 0 Å². The maximum atomic E-state index is 12.4. The minimum absolute atomic E-state index is 0.0264. The highest BCUT2D eigenvalue weighted by atomic mass is 32.1. The average Bonchev–Trinajstić information content (AvgIpc) is 2.95. The monoisotopic (exact) mass is 266 g/mol. The van der Waals surface area contributed by atoms with Crippen LogP contribution in [0.3, 0.4) is 0 Å². The lowest BCUT2D eigenvalue weighted by molar-refractivity contribution is -0.136. The number of amides is 1. The van der Waals surface area contributed by atoms with Gasteiger partial charge in [0.05, 0.1) is 12.0 Å². The first-order valence-electron chi connectivity index (χ1n) is 6.59. The Morgan fingerprint density at radius 2 is 2.22 bits per heavy atom. The summed E-state index contributed by atoms with van der Waals surface area (Å²) in [7, 11) is 1.90. The van der Waals surface area contributed by atoms with Crippen LogP contribution < -0.4 is 5.73 Å². The maximum absolute atomic E-state index is 12.4. The highest BCUT2D eigenvalue weighted by Crippen LogP contribution is 2.31. The molecule has 0 aliphatic heterocycles. The molecule has 3 nitrogen and oxygen atoms in total. The summed E-state index contributed by atoms with van der Waals surface area (Å²) in [5.41, 5.74) is 6.02. The molecular formula is C14H22N2OS. The van der Waals surface area contributed by atoms with Gasteiger partial charge in [0.1, 0.15) is 0 Å². The number of aryl methyl sites for hydroxylation is 1. The van der Waals surface area contributed by atoms with Crippen molar-refractivity contribution in [3.63, 3.8) is 0 Å². The van der Waals surface area contributed by atoms with Crippen molar-refractivity contribution in [3.8, 4) is 0 Å². The Balaban J connectivity index is 2.06. The highest BCUT2D eigenvalue weighted by Gasteiger charge is 2.33. The van der Waals surface area contributed by atoms with Gasteiger partial charge in [0.15, 0.2) is 0 Å². The molecule has 1 aromatic heterocycles. The first-order valence-corrected chi connectivity index (χ1v) is 7.41. The fourth-order valence-electron chi connectivity index (χ4n) is 2.62. The highest BCUT2D eigenvalue weighted by molar-refractivity contribution is 7.12. The fraction of sp³-hybridized carbons (Fsp3) is 0.643. The first-order chi connectivity index (χ1) is 8.50. The van der Waals surface area contributed by atoms with E-state index in [9.17, 15) is 4.79 Å². The molecule has 18 heavy (non-hydrogen) atoms. The van der Waals surface area contributed by atoms with Crippen LogP contribution in [0.4, 0.5) is 0 Å². The lowest BCUT2D eigenvalue weighted by atomic mass is 10.0. The van der Waals surface area contributed by atoms with Crippen LogP contribution in [-0.4, -0.2) is 23.9 Å². The summed E-state index contributed by atoms with van der Waals surface area (Å²) in [6.07, 6.45) is 3.01. The summed E-state index contributed by atoms with van der Waals surface area (Å²) in [6, 6.07) is 4.42. The minimum atomic E-state index is 0.0264. The normalized spacial score (nSPS) is 25.1. The molecule has 0 saturated heterocycles. The van der Waals surface area contributed by atoms with Gasteiger partial charge >= 0.3 is 0 Å². The topological polar surface area (TPSA) is 46.3 Å². The Labute approximate surface area is 113 Å². The van der Waals surface area contributed by atoms with Crippen LogP contribution in [0.15, 0.2) is 12.1 Å². The predicted octanol–water partition coefficient (Wildman–Crippen LogP) is 2.70. The number of nitrogens with two attached hydrogens (primary N) is 1. The zero-order valence-electron chi connectivity index (χ0n) is 11.3. The van der Waals surface area contributed by atoms with Gasteiger partial charge in [-0.25, -0.2) is 0 Å². The number of rotatable bonds is 3. The summed E-state index contributed by atoms with van der Waals surface area (Å²) in [4.78, 5) is 16.8. The number of carbonyl (C=O) groups excluding carboxylic acids is 1. The van der Waals surface area contributed by atoms with Gasteiger partial charge in [-0.05, 0) is 38.8 Å². The molecule has 4 heteroatoms. The largest absolute Gasteiger partial charge is 0.338 e. The molecular weight excluding hydrogens is 244 g/mol. The maximum Gasteiger partial charge on any atom is 0.227 e. The van der Waals surface area contributed by atoms with E-state index < -0.39 is 0 Å².